The molecule has 0 saturated heterocycles. The van der Waals surface area contributed by atoms with Crippen molar-refractivity contribution >= 4 is 18.3 Å². The molecule has 1 aromatic carbocycles. The standard InChI is InChI=1S/C8H9F2NS/c1-11(2)8-6(12)4-3-5(9)7(8)10/h3-4,12H,1-2H3. The Hall–Kier alpha value is -0.770. The van der Waals surface area contributed by atoms with Gasteiger partial charge >= 0.3 is 0 Å². The molecule has 0 unspecified atom stereocenters. The first kappa shape index (κ1) is 9.32. The largest absolute Gasteiger partial charge is 0.374 e. The van der Waals surface area contributed by atoms with Crippen molar-refractivity contribution in [3.63, 3.8) is 0 Å². The Morgan fingerprint density at radius 3 is 2.25 bits per heavy atom. The molecular weight excluding hydrogens is 180 g/mol. The number of hydrogen-bond donors (Lipinski definition) is 1. The van der Waals surface area contributed by atoms with Gasteiger partial charge in [0.1, 0.15) is 0 Å². The molecule has 0 spiro atoms. The fourth-order valence-electron chi connectivity index (χ4n) is 0.955. The molecule has 12 heavy (non-hydrogen) atoms. The molecule has 0 amide bonds. The van der Waals surface area contributed by atoms with Crippen molar-refractivity contribution < 1.29 is 8.78 Å². The van der Waals surface area contributed by atoms with Gasteiger partial charge in [-0.1, -0.05) is 0 Å². The molecule has 0 heterocycles. The zero-order valence-corrected chi connectivity index (χ0v) is 7.70. The summed E-state index contributed by atoms with van der Waals surface area (Å²) in [5.74, 6) is -1.70. The summed E-state index contributed by atoms with van der Waals surface area (Å²) in [5.41, 5.74) is 0.179. The van der Waals surface area contributed by atoms with Crippen molar-refractivity contribution in [3.05, 3.63) is 23.8 Å². The van der Waals surface area contributed by atoms with E-state index in [1.54, 1.807) is 14.1 Å². The molecular formula is C8H9F2NS. The Labute approximate surface area is 75.4 Å². The maximum atomic E-state index is 13.0. The smallest absolute Gasteiger partial charge is 0.183 e. The minimum atomic E-state index is -0.854. The highest BCUT2D eigenvalue weighted by Gasteiger charge is 2.12. The second kappa shape index (κ2) is 3.31. The Kier molecular flexibility index (Phi) is 2.57. The third-order valence-electron chi connectivity index (χ3n) is 1.49. The fourth-order valence-corrected chi connectivity index (χ4v) is 1.33. The molecule has 0 aliphatic carbocycles. The Morgan fingerprint density at radius 2 is 1.83 bits per heavy atom. The van der Waals surface area contributed by atoms with Crippen LogP contribution in [0.25, 0.3) is 0 Å². The third-order valence-corrected chi connectivity index (χ3v) is 1.86. The van der Waals surface area contributed by atoms with E-state index >= 15 is 0 Å². The summed E-state index contributed by atoms with van der Waals surface area (Å²) in [7, 11) is 3.27. The number of nitrogens with zero attached hydrogens (tertiary/aromatic N) is 1. The van der Waals surface area contributed by atoms with Gasteiger partial charge in [-0.25, -0.2) is 8.78 Å². The van der Waals surface area contributed by atoms with E-state index in [1.165, 1.54) is 11.0 Å². The van der Waals surface area contributed by atoms with E-state index in [0.717, 1.165) is 6.07 Å². The van der Waals surface area contributed by atoms with Crippen molar-refractivity contribution in [1.82, 2.24) is 0 Å². The van der Waals surface area contributed by atoms with Gasteiger partial charge in [-0.2, -0.15) is 0 Å². The second-order valence-electron chi connectivity index (χ2n) is 2.62. The van der Waals surface area contributed by atoms with Gasteiger partial charge in [0, 0.05) is 19.0 Å². The van der Waals surface area contributed by atoms with Crippen molar-refractivity contribution in [3.8, 4) is 0 Å². The van der Waals surface area contributed by atoms with Crippen LogP contribution in [0.5, 0.6) is 0 Å². The first-order valence-electron chi connectivity index (χ1n) is 3.38. The van der Waals surface area contributed by atoms with E-state index < -0.39 is 11.6 Å². The SMILES string of the molecule is CN(C)c1c(S)ccc(F)c1F. The first-order valence-corrected chi connectivity index (χ1v) is 3.83. The van der Waals surface area contributed by atoms with Crippen LogP contribution in [0.1, 0.15) is 0 Å². The molecule has 0 bridgehead atoms. The lowest BCUT2D eigenvalue weighted by Gasteiger charge is -2.15. The highest BCUT2D eigenvalue weighted by Crippen LogP contribution is 2.27. The van der Waals surface area contributed by atoms with Crippen LogP contribution in [0, 0.1) is 11.6 Å². The molecule has 0 aromatic heterocycles. The average Bonchev–Trinajstić information content (AvgIpc) is 1.97. The van der Waals surface area contributed by atoms with Gasteiger partial charge in [0.2, 0.25) is 0 Å². The van der Waals surface area contributed by atoms with Crippen LogP contribution < -0.4 is 4.90 Å². The second-order valence-corrected chi connectivity index (χ2v) is 3.11. The number of benzene rings is 1. The van der Waals surface area contributed by atoms with E-state index in [4.69, 9.17) is 0 Å². The lowest BCUT2D eigenvalue weighted by molar-refractivity contribution is 0.506. The zero-order chi connectivity index (χ0) is 9.30. The summed E-state index contributed by atoms with van der Waals surface area (Å²) < 4.78 is 25.7. The Balaban J connectivity index is 3.33. The number of anilines is 1. The molecule has 0 saturated carbocycles. The number of halogens is 2. The zero-order valence-electron chi connectivity index (χ0n) is 6.81. The molecule has 1 aromatic rings. The molecule has 1 nitrogen and oxygen atoms in total. The summed E-state index contributed by atoms with van der Waals surface area (Å²) >= 11 is 4.01. The predicted molar refractivity (Wildman–Crippen MR) is 47.9 cm³/mol. The van der Waals surface area contributed by atoms with E-state index in [0.29, 0.717) is 4.90 Å². The van der Waals surface area contributed by atoms with Gasteiger partial charge in [0.05, 0.1) is 5.69 Å². The summed E-state index contributed by atoms with van der Waals surface area (Å²) in [5, 5.41) is 0. The number of rotatable bonds is 1. The van der Waals surface area contributed by atoms with Crippen LogP contribution in [0.3, 0.4) is 0 Å². The first-order chi connectivity index (χ1) is 5.54. The summed E-state index contributed by atoms with van der Waals surface area (Å²) in [6.07, 6.45) is 0. The van der Waals surface area contributed by atoms with Gasteiger partial charge in [0.15, 0.2) is 11.6 Å². The van der Waals surface area contributed by atoms with E-state index in [-0.39, 0.29) is 5.69 Å². The summed E-state index contributed by atoms with van der Waals surface area (Å²) in [4.78, 5) is 1.92. The lowest BCUT2D eigenvalue weighted by Crippen LogP contribution is -2.12. The van der Waals surface area contributed by atoms with Crippen LogP contribution in [0.2, 0.25) is 0 Å². The number of thiol groups is 1. The summed E-state index contributed by atoms with van der Waals surface area (Å²) in [6, 6.07) is 2.49. The minimum Gasteiger partial charge on any atom is -0.374 e. The van der Waals surface area contributed by atoms with E-state index in [1.807, 2.05) is 0 Å². The molecule has 0 aliphatic heterocycles. The van der Waals surface area contributed by atoms with Crippen molar-refractivity contribution in [2.24, 2.45) is 0 Å². The van der Waals surface area contributed by atoms with Crippen LogP contribution in [0.15, 0.2) is 17.0 Å². The molecule has 0 N–H and O–H groups in total. The molecule has 66 valence electrons. The maximum absolute atomic E-state index is 13.0. The van der Waals surface area contributed by atoms with Gasteiger partial charge in [0.25, 0.3) is 0 Å². The number of hydrogen-bond acceptors (Lipinski definition) is 2. The topological polar surface area (TPSA) is 3.24 Å². The molecule has 0 aliphatic rings. The Bertz CT molecular complexity index is 299. The molecule has 1 rings (SSSR count). The molecule has 0 radical (unpaired) electrons. The monoisotopic (exact) mass is 189 g/mol. The highest BCUT2D eigenvalue weighted by atomic mass is 32.1. The van der Waals surface area contributed by atoms with Gasteiger partial charge < -0.3 is 4.90 Å². The van der Waals surface area contributed by atoms with Crippen molar-refractivity contribution in [1.29, 1.82) is 0 Å². The normalized spacial score (nSPS) is 10.1. The minimum absolute atomic E-state index is 0.179. The highest BCUT2D eigenvalue weighted by molar-refractivity contribution is 7.80. The quantitative estimate of drug-likeness (QED) is 0.663. The van der Waals surface area contributed by atoms with Crippen LogP contribution in [-0.2, 0) is 0 Å². The van der Waals surface area contributed by atoms with Gasteiger partial charge in [-0.05, 0) is 12.1 Å². The predicted octanol–water partition coefficient (Wildman–Crippen LogP) is 2.32. The average molecular weight is 189 g/mol. The summed E-state index contributed by atoms with van der Waals surface area (Å²) in [6.45, 7) is 0. The maximum Gasteiger partial charge on any atom is 0.183 e. The molecule has 0 fully saturated rings. The molecule has 0 atom stereocenters. The third kappa shape index (κ3) is 1.53. The van der Waals surface area contributed by atoms with E-state index in [2.05, 4.69) is 12.6 Å². The van der Waals surface area contributed by atoms with Crippen LogP contribution in [0.4, 0.5) is 14.5 Å². The van der Waals surface area contributed by atoms with Gasteiger partial charge in [-0.15, -0.1) is 12.6 Å². The van der Waals surface area contributed by atoms with Crippen LogP contribution >= 0.6 is 12.6 Å². The lowest BCUT2D eigenvalue weighted by atomic mass is 10.3. The van der Waals surface area contributed by atoms with Crippen molar-refractivity contribution in [2.75, 3.05) is 19.0 Å². The van der Waals surface area contributed by atoms with Gasteiger partial charge in [-0.3, -0.25) is 0 Å². The Morgan fingerprint density at radius 1 is 1.25 bits per heavy atom. The fraction of sp³-hybridized carbons (Fsp3) is 0.250. The van der Waals surface area contributed by atoms with Crippen LogP contribution in [-0.4, -0.2) is 14.1 Å². The molecule has 4 heteroatoms. The van der Waals surface area contributed by atoms with Crippen molar-refractivity contribution in [2.45, 2.75) is 4.90 Å². The van der Waals surface area contributed by atoms with E-state index in [9.17, 15) is 8.78 Å².